The minimum Gasteiger partial charge on any atom is -0.497 e. The van der Waals surface area contributed by atoms with Crippen LogP contribution in [0.3, 0.4) is 0 Å². The molecule has 1 aromatic heterocycles. The zero-order valence-electron chi connectivity index (χ0n) is 17.4. The first-order chi connectivity index (χ1) is 14.5. The third-order valence-corrected chi connectivity index (χ3v) is 4.98. The van der Waals surface area contributed by atoms with Crippen molar-refractivity contribution in [3.8, 4) is 28.5 Å². The van der Waals surface area contributed by atoms with E-state index in [0.29, 0.717) is 36.8 Å². The molecule has 156 valence electrons. The Balaban J connectivity index is 1.61. The van der Waals surface area contributed by atoms with E-state index < -0.39 is 0 Å². The highest BCUT2D eigenvalue weighted by atomic mass is 16.5. The number of carbonyl (C=O) groups excluding carboxylic acids is 1. The molecule has 3 aromatic rings. The maximum absolute atomic E-state index is 13.2. The fourth-order valence-corrected chi connectivity index (χ4v) is 3.49. The maximum Gasteiger partial charge on any atom is 0.257 e. The van der Waals surface area contributed by atoms with E-state index in [1.54, 1.807) is 29.9 Å². The third kappa shape index (κ3) is 4.10. The minimum atomic E-state index is -0.104. The molecule has 2 aromatic carbocycles. The molecule has 2 heterocycles. The Morgan fingerprint density at radius 3 is 2.77 bits per heavy atom. The Kier molecular flexibility index (Phi) is 5.61. The Morgan fingerprint density at radius 1 is 1.17 bits per heavy atom. The van der Waals surface area contributed by atoms with Crippen molar-refractivity contribution in [1.29, 1.82) is 0 Å². The van der Waals surface area contributed by atoms with Gasteiger partial charge in [0, 0.05) is 38.8 Å². The van der Waals surface area contributed by atoms with Crippen molar-refractivity contribution >= 4 is 5.91 Å². The molecular formula is C23H25N3O4. The average molecular weight is 407 g/mol. The fraction of sp³-hybridized carbons (Fsp3) is 0.304. The lowest BCUT2D eigenvalue weighted by atomic mass is 10.1. The summed E-state index contributed by atoms with van der Waals surface area (Å²) in [5, 5.41) is 4.54. The van der Waals surface area contributed by atoms with Gasteiger partial charge in [-0.1, -0.05) is 12.1 Å². The number of benzene rings is 2. The lowest BCUT2D eigenvalue weighted by Crippen LogP contribution is -2.26. The second-order valence-electron chi connectivity index (χ2n) is 7.29. The van der Waals surface area contributed by atoms with Crippen molar-refractivity contribution in [3.63, 3.8) is 0 Å². The van der Waals surface area contributed by atoms with Gasteiger partial charge in [-0.15, -0.1) is 0 Å². The van der Waals surface area contributed by atoms with Gasteiger partial charge in [-0.2, -0.15) is 5.10 Å². The van der Waals surface area contributed by atoms with E-state index in [2.05, 4.69) is 5.10 Å². The van der Waals surface area contributed by atoms with E-state index >= 15 is 0 Å². The van der Waals surface area contributed by atoms with Gasteiger partial charge in [-0.25, -0.2) is 0 Å². The molecular weight excluding hydrogens is 382 g/mol. The monoisotopic (exact) mass is 407 g/mol. The Morgan fingerprint density at radius 2 is 1.97 bits per heavy atom. The summed E-state index contributed by atoms with van der Waals surface area (Å²) < 4.78 is 18.4. The number of ether oxygens (including phenoxy) is 3. The van der Waals surface area contributed by atoms with Crippen molar-refractivity contribution < 1.29 is 19.0 Å². The highest BCUT2D eigenvalue weighted by molar-refractivity contribution is 5.99. The summed E-state index contributed by atoms with van der Waals surface area (Å²) in [5.41, 5.74) is 2.97. The lowest BCUT2D eigenvalue weighted by molar-refractivity contribution is 0.0785. The second kappa shape index (κ2) is 8.49. The van der Waals surface area contributed by atoms with Crippen LogP contribution < -0.4 is 14.2 Å². The predicted octanol–water partition coefficient (Wildman–Crippen LogP) is 3.53. The van der Waals surface area contributed by atoms with Crippen molar-refractivity contribution in [2.75, 3.05) is 27.4 Å². The summed E-state index contributed by atoms with van der Waals surface area (Å²) in [6.07, 6.45) is 2.59. The number of fused-ring (bicyclic) bond motifs is 1. The molecule has 0 bridgehead atoms. The summed E-state index contributed by atoms with van der Waals surface area (Å²) in [7, 11) is 5.23. The van der Waals surface area contributed by atoms with Gasteiger partial charge in [0.25, 0.3) is 5.91 Å². The predicted molar refractivity (Wildman–Crippen MR) is 113 cm³/mol. The number of hydrogen-bond donors (Lipinski definition) is 0. The summed E-state index contributed by atoms with van der Waals surface area (Å²) >= 11 is 0. The van der Waals surface area contributed by atoms with E-state index in [1.165, 1.54) is 0 Å². The Bertz CT molecular complexity index is 1060. The number of aromatic nitrogens is 2. The highest BCUT2D eigenvalue weighted by Crippen LogP contribution is 2.35. The number of methoxy groups -OCH3 is 1. The highest BCUT2D eigenvalue weighted by Gasteiger charge is 2.22. The molecule has 0 spiro atoms. The summed E-state index contributed by atoms with van der Waals surface area (Å²) in [6, 6.07) is 13.4. The zero-order chi connectivity index (χ0) is 21.1. The van der Waals surface area contributed by atoms with Crippen LogP contribution in [-0.4, -0.2) is 48.0 Å². The number of carbonyl (C=O) groups is 1. The molecule has 1 aliphatic rings. The molecule has 7 heteroatoms. The smallest absolute Gasteiger partial charge is 0.257 e. The van der Waals surface area contributed by atoms with Gasteiger partial charge in [0.1, 0.15) is 11.4 Å². The molecule has 0 radical (unpaired) electrons. The molecule has 0 fully saturated rings. The lowest BCUT2D eigenvalue weighted by Gasteiger charge is -2.18. The number of nitrogens with zero attached hydrogens (tertiary/aromatic N) is 3. The van der Waals surface area contributed by atoms with Gasteiger partial charge in [-0.3, -0.25) is 9.48 Å². The first-order valence-corrected chi connectivity index (χ1v) is 9.87. The molecule has 7 nitrogen and oxygen atoms in total. The normalized spacial score (nSPS) is 12.9. The topological polar surface area (TPSA) is 65.8 Å². The molecule has 0 aliphatic carbocycles. The fourth-order valence-electron chi connectivity index (χ4n) is 3.49. The second-order valence-corrected chi connectivity index (χ2v) is 7.29. The first-order valence-electron chi connectivity index (χ1n) is 9.87. The molecule has 0 unspecified atom stereocenters. The molecule has 1 aliphatic heterocycles. The number of amides is 1. The molecule has 0 saturated heterocycles. The van der Waals surface area contributed by atoms with Crippen LogP contribution in [-0.2, 0) is 13.6 Å². The van der Waals surface area contributed by atoms with Gasteiger partial charge in [0.2, 0.25) is 0 Å². The number of rotatable bonds is 5. The summed E-state index contributed by atoms with van der Waals surface area (Å²) in [6.45, 7) is 1.70. The summed E-state index contributed by atoms with van der Waals surface area (Å²) in [4.78, 5) is 14.9. The van der Waals surface area contributed by atoms with E-state index in [0.717, 1.165) is 29.0 Å². The van der Waals surface area contributed by atoms with Crippen molar-refractivity contribution in [3.05, 3.63) is 59.8 Å². The van der Waals surface area contributed by atoms with Crippen molar-refractivity contribution in [2.24, 2.45) is 7.05 Å². The van der Waals surface area contributed by atoms with Gasteiger partial charge in [0.05, 0.1) is 25.9 Å². The standard InChI is InChI=1S/C23H25N3O4/c1-25(14-16-6-4-7-18(12-16)28-3)23(27)19-15-26(2)24-22(19)17-8-9-20-21(13-17)30-11-5-10-29-20/h4,6-9,12-13,15H,5,10-11,14H2,1-3H3. The first kappa shape index (κ1) is 19.8. The van der Waals surface area contributed by atoms with Crippen LogP contribution in [0.15, 0.2) is 48.7 Å². The van der Waals surface area contributed by atoms with E-state index in [-0.39, 0.29) is 5.91 Å². The quantitative estimate of drug-likeness (QED) is 0.647. The van der Waals surface area contributed by atoms with Crippen LogP contribution in [0.4, 0.5) is 0 Å². The molecule has 0 atom stereocenters. The van der Waals surface area contributed by atoms with Gasteiger partial charge in [0.15, 0.2) is 11.5 Å². The molecule has 4 rings (SSSR count). The largest absolute Gasteiger partial charge is 0.497 e. The Hall–Kier alpha value is -3.48. The van der Waals surface area contributed by atoms with Gasteiger partial charge >= 0.3 is 0 Å². The van der Waals surface area contributed by atoms with Crippen LogP contribution in [0.2, 0.25) is 0 Å². The number of hydrogen-bond acceptors (Lipinski definition) is 5. The molecule has 30 heavy (non-hydrogen) atoms. The van der Waals surface area contributed by atoms with E-state index in [1.807, 2.05) is 49.5 Å². The van der Waals surface area contributed by atoms with Crippen molar-refractivity contribution in [2.45, 2.75) is 13.0 Å². The van der Waals surface area contributed by atoms with Crippen LogP contribution >= 0.6 is 0 Å². The molecule has 0 N–H and O–H groups in total. The van der Waals surface area contributed by atoms with Gasteiger partial charge < -0.3 is 19.1 Å². The minimum absolute atomic E-state index is 0.104. The molecule has 1 amide bonds. The molecule has 0 saturated carbocycles. The van der Waals surface area contributed by atoms with E-state index in [9.17, 15) is 4.79 Å². The average Bonchev–Trinajstić information content (AvgIpc) is 2.99. The van der Waals surface area contributed by atoms with Crippen LogP contribution in [0.1, 0.15) is 22.3 Å². The maximum atomic E-state index is 13.2. The van der Waals surface area contributed by atoms with Gasteiger partial charge in [-0.05, 0) is 35.9 Å². The van der Waals surface area contributed by atoms with Crippen LogP contribution in [0, 0.1) is 0 Å². The van der Waals surface area contributed by atoms with Crippen LogP contribution in [0.5, 0.6) is 17.2 Å². The summed E-state index contributed by atoms with van der Waals surface area (Å²) in [5.74, 6) is 2.06. The SMILES string of the molecule is COc1cccc(CN(C)C(=O)c2cn(C)nc2-c2ccc3c(c2)OCCCO3)c1. The van der Waals surface area contributed by atoms with E-state index in [4.69, 9.17) is 14.2 Å². The number of aryl methyl sites for hydroxylation is 1. The van der Waals surface area contributed by atoms with Crippen molar-refractivity contribution in [1.82, 2.24) is 14.7 Å². The van der Waals surface area contributed by atoms with Crippen LogP contribution in [0.25, 0.3) is 11.3 Å². The Labute approximate surface area is 175 Å². The third-order valence-electron chi connectivity index (χ3n) is 4.98. The zero-order valence-corrected chi connectivity index (χ0v) is 17.4.